The summed E-state index contributed by atoms with van der Waals surface area (Å²) >= 11 is 5.86. The van der Waals surface area contributed by atoms with Crippen LogP contribution in [-0.4, -0.2) is 31.6 Å². The standard InChI is InChI=1S/C14H18ClNO4/c1-10(2)7-16-13(17)8-20-14(18)9-19-12-6-4-3-5-11(12)15/h3-6,10H,7-9H2,1-2H3,(H,16,17). The first-order chi connectivity index (χ1) is 9.49. The number of ether oxygens (including phenoxy) is 2. The van der Waals surface area contributed by atoms with E-state index >= 15 is 0 Å². The molecule has 0 atom stereocenters. The van der Waals surface area contributed by atoms with Gasteiger partial charge in [0.15, 0.2) is 13.2 Å². The summed E-state index contributed by atoms with van der Waals surface area (Å²) < 4.78 is 9.97. The van der Waals surface area contributed by atoms with Crippen molar-refractivity contribution in [3.63, 3.8) is 0 Å². The summed E-state index contributed by atoms with van der Waals surface area (Å²) in [5.74, 6) is -0.206. The number of benzene rings is 1. The molecule has 0 aromatic heterocycles. The number of hydrogen-bond acceptors (Lipinski definition) is 4. The predicted octanol–water partition coefficient (Wildman–Crippen LogP) is 2.03. The third kappa shape index (κ3) is 6.43. The fourth-order valence-corrected chi connectivity index (χ4v) is 1.45. The Morgan fingerprint density at radius 3 is 2.60 bits per heavy atom. The molecule has 1 rings (SSSR count). The molecule has 1 aromatic carbocycles. The van der Waals surface area contributed by atoms with Gasteiger partial charge < -0.3 is 14.8 Å². The number of hydrogen-bond donors (Lipinski definition) is 1. The van der Waals surface area contributed by atoms with Crippen LogP contribution in [-0.2, 0) is 14.3 Å². The Bertz CT molecular complexity index is 462. The third-order valence-electron chi connectivity index (χ3n) is 2.25. The van der Waals surface area contributed by atoms with E-state index in [1.807, 2.05) is 13.8 Å². The Labute approximate surface area is 123 Å². The summed E-state index contributed by atoms with van der Waals surface area (Å²) in [6, 6.07) is 6.80. The van der Waals surface area contributed by atoms with Gasteiger partial charge in [0.2, 0.25) is 0 Å². The van der Waals surface area contributed by atoms with Crippen LogP contribution in [0.15, 0.2) is 24.3 Å². The van der Waals surface area contributed by atoms with Gasteiger partial charge in [-0.1, -0.05) is 37.6 Å². The zero-order valence-corrected chi connectivity index (χ0v) is 12.3. The first-order valence-corrected chi connectivity index (χ1v) is 6.66. The number of halogens is 1. The molecule has 0 fully saturated rings. The largest absolute Gasteiger partial charge is 0.480 e. The minimum Gasteiger partial charge on any atom is -0.480 e. The lowest BCUT2D eigenvalue weighted by molar-refractivity contribution is -0.150. The average Bonchev–Trinajstić information content (AvgIpc) is 2.42. The van der Waals surface area contributed by atoms with Crippen molar-refractivity contribution < 1.29 is 19.1 Å². The van der Waals surface area contributed by atoms with E-state index in [4.69, 9.17) is 21.1 Å². The number of carbonyl (C=O) groups excluding carboxylic acids is 2. The molecule has 0 aliphatic rings. The van der Waals surface area contributed by atoms with Gasteiger partial charge >= 0.3 is 5.97 Å². The van der Waals surface area contributed by atoms with Gasteiger partial charge in [-0.15, -0.1) is 0 Å². The molecule has 0 saturated carbocycles. The molecule has 0 aliphatic carbocycles. The number of nitrogens with one attached hydrogen (secondary N) is 1. The monoisotopic (exact) mass is 299 g/mol. The van der Waals surface area contributed by atoms with Crippen LogP contribution in [0.2, 0.25) is 5.02 Å². The molecule has 0 aliphatic heterocycles. The van der Waals surface area contributed by atoms with E-state index in [1.165, 1.54) is 0 Å². The van der Waals surface area contributed by atoms with Crippen molar-refractivity contribution in [3.8, 4) is 5.75 Å². The first-order valence-electron chi connectivity index (χ1n) is 6.28. The highest BCUT2D eigenvalue weighted by molar-refractivity contribution is 6.32. The van der Waals surface area contributed by atoms with Gasteiger partial charge in [0.05, 0.1) is 5.02 Å². The fraction of sp³-hybridized carbons (Fsp3) is 0.429. The smallest absolute Gasteiger partial charge is 0.344 e. The zero-order valence-electron chi connectivity index (χ0n) is 11.5. The second-order valence-corrected chi connectivity index (χ2v) is 4.98. The SMILES string of the molecule is CC(C)CNC(=O)COC(=O)COc1ccccc1Cl. The maximum Gasteiger partial charge on any atom is 0.344 e. The van der Waals surface area contributed by atoms with Crippen LogP contribution < -0.4 is 10.1 Å². The van der Waals surface area contributed by atoms with Gasteiger partial charge in [0.1, 0.15) is 5.75 Å². The normalized spacial score (nSPS) is 10.2. The molecule has 20 heavy (non-hydrogen) atoms. The Balaban J connectivity index is 2.24. The lowest BCUT2D eigenvalue weighted by Gasteiger charge is -2.09. The number of amides is 1. The van der Waals surface area contributed by atoms with E-state index in [1.54, 1.807) is 24.3 Å². The second kappa shape index (κ2) is 8.43. The van der Waals surface area contributed by atoms with Crippen LogP contribution in [0.25, 0.3) is 0 Å². The van der Waals surface area contributed by atoms with Gasteiger partial charge in [0.25, 0.3) is 5.91 Å². The molecule has 0 heterocycles. The molecule has 1 amide bonds. The molecule has 0 bridgehead atoms. The summed E-state index contributed by atoms with van der Waals surface area (Å²) in [6.45, 7) is 3.90. The molecular formula is C14H18ClNO4. The Morgan fingerprint density at radius 1 is 1.25 bits per heavy atom. The molecule has 0 unspecified atom stereocenters. The van der Waals surface area contributed by atoms with E-state index in [-0.39, 0.29) is 19.1 Å². The van der Waals surface area contributed by atoms with Gasteiger partial charge in [-0.05, 0) is 18.1 Å². The molecule has 1 N–H and O–H groups in total. The van der Waals surface area contributed by atoms with Crippen LogP contribution in [0.5, 0.6) is 5.75 Å². The van der Waals surface area contributed by atoms with E-state index in [2.05, 4.69) is 5.32 Å². The van der Waals surface area contributed by atoms with Crippen molar-refractivity contribution in [2.75, 3.05) is 19.8 Å². The molecule has 0 spiro atoms. The highest BCUT2D eigenvalue weighted by atomic mass is 35.5. The molecule has 1 aromatic rings. The van der Waals surface area contributed by atoms with Crippen LogP contribution in [0, 0.1) is 5.92 Å². The summed E-state index contributed by atoms with van der Waals surface area (Å²) in [5.41, 5.74) is 0. The van der Waals surface area contributed by atoms with Crippen LogP contribution in [0.4, 0.5) is 0 Å². The predicted molar refractivity (Wildman–Crippen MR) is 75.8 cm³/mol. The van der Waals surface area contributed by atoms with Gasteiger partial charge in [-0.2, -0.15) is 0 Å². The van der Waals surface area contributed by atoms with Gasteiger partial charge in [-0.25, -0.2) is 4.79 Å². The molecular weight excluding hydrogens is 282 g/mol. The zero-order chi connectivity index (χ0) is 15.0. The maximum absolute atomic E-state index is 11.4. The topological polar surface area (TPSA) is 64.6 Å². The number of carbonyl (C=O) groups is 2. The molecule has 110 valence electrons. The Morgan fingerprint density at radius 2 is 1.95 bits per heavy atom. The van der Waals surface area contributed by atoms with E-state index < -0.39 is 5.97 Å². The second-order valence-electron chi connectivity index (χ2n) is 4.58. The van der Waals surface area contributed by atoms with Crippen LogP contribution >= 0.6 is 11.6 Å². The molecule has 0 saturated heterocycles. The Kier molecular flexibility index (Phi) is 6.87. The Hall–Kier alpha value is -1.75. The number of rotatable bonds is 7. The summed E-state index contributed by atoms with van der Waals surface area (Å²) in [7, 11) is 0. The quantitative estimate of drug-likeness (QED) is 0.783. The molecule has 0 radical (unpaired) electrons. The van der Waals surface area contributed by atoms with Crippen LogP contribution in [0.1, 0.15) is 13.8 Å². The molecule has 6 heteroatoms. The van der Waals surface area contributed by atoms with Crippen molar-refractivity contribution in [2.24, 2.45) is 5.92 Å². The number of esters is 1. The third-order valence-corrected chi connectivity index (χ3v) is 2.57. The van der Waals surface area contributed by atoms with Crippen LogP contribution in [0.3, 0.4) is 0 Å². The van der Waals surface area contributed by atoms with E-state index in [9.17, 15) is 9.59 Å². The van der Waals surface area contributed by atoms with Crippen molar-refractivity contribution in [1.82, 2.24) is 5.32 Å². The van der Waals surface area contributed by atoms with Crippen molar-refractivity contribution in [3.05, 3.63) is 29.3 Å². The van der Waals surface area contributed by atoms with E-state index in [0.717, 1.165) is 0 Å². The highest BCUT2D eigenvalue weighted by Crippen LogP contribution is 2.22. The van der Waals surface area contributed by atoms with E-state index in [0.29, 0.717) is 23.2 Å². The fourth-order valence-electron chi connectivity index (χ4n) is 1.26. The lowest BCUT2D eigenvalue weighted by Crippen LogP contribution is -2.32. The molecule has 5 nitrogen and oxygen atoms in total. The average molecular weight is 300 g/mol. The summed E-state index contributed by atoms with van der Waals surface area (Å²) in [4.78, 5) is 22.7. The summed E-state index contributed by atoms with van der Waals surface area (Å²) in [5, 5.41) is 3.05. The first kappa shape index (κ1) is 16.3. The van der Waals surface area contributed by atoms with Crippen molar-refractivity contribution in [2.45, 2.75) is 13.8 Å². The number of para-hydroxylation sites is 1. The van der Waals surface area contributed by atoms with Crippen molar-refractivity contribution >= 4 is 23.5 Å². The van der Waals surface area contributed by atoms with Gasteiger partial charge in [-0.3, -0.25) is 4.79 Å². The minimum absolute atomic E-state index is 0.290. The summed E-state index contributed by atoms with van der Waals surface area (Å²) in [6.07, 6.45) is 0. The highest BCUT2D eigenvalue weighted by Gasteiger charge is 2.09. The lowest BCUT2D eigenvalue weighted by atomic mass is 10.2. The minimum atomic E-state index is -0.621. The maximum atomic E-state index is 11.4. The van der Waals surface area contributed by atoms with Crippen molar-refractivity contribution in [1.29, 1.82) is 0 Å². The van der Waals surface area contributed by atoms with Gasteiger partial charge in [0, 0.05) is 6.54 Å².